The monoisotopic (exact) mass is 247 g/mol. The molecule has 0 fully saturated rings. The maximum atomic E-state index is 5.96. The molecule has 18 heavy (non-hydrogen) atoms. The van der Waals surface area contributed by atoms with Gasteiger partial charge in [-0.3, -0.25) is 0 Å². The predicted octanol–water partition coefficient (Wildman–Crippen LogP) is 3.80. The zero-order chi connectivity index (χ0) is 13.4. The van der Waals surface area contributed by atoms with Crippen molar-refractivity contribution in [2.45, 2.75) is 27.7 Å². The van der Waals surface area contributed by atoms with Crippen LogP contribution in [0.3, 0.4) is 0 Å². The first-order chi connectivity index (χ1) is 8.69. The summed E-state index contributed by atoms with van der Waals surface area (Å²) in [6.07, 6.45) is 0. The van der Waals surface area contributed by atoms with Crippen LogP contribution in [0.15, 0.2) is 35.9 Å². The maximum absolute atomic E-state index is 5.96. The Kier molecular flexibility index (Phi) is 6.51. The number of ether oxygens (including phenoxy) is 1. The molecule has 1 aromatic rings. The Morgan fingerprint density at radius 2 is 1.67 bits per heavy atom. The van der Waals surface area contributed by atoms with Gasteiger partial charge in [-0.25, -0.2) is 0 Å². The quantitative estimate of drug-likeness (QED) is 0.680. The normalized spacial score (nSPS) is 10.5. The van der Waals surface area contributed by atoms with Gasteiger partial charge in [0.05, 0.1) is 0 Å². The second-order valence-electron chi connectivity index (χ2n) is 4.57. The molecule has 2 nitrogen and oxygen atoms in total. The maximum Gasteiger partial charge on any atom is 0.125 e. The molecule has 0 aliphatic heterocycles. The highest BCUT2D eigenvalue weighted by atomic mass is 16.5. The molecule has 0 saturated heterocycles. The number of benzene rings is 1. The Morgan fingerprint density at radius 3 is 2.17 bits per heavy atom. The average molecular weight is 247 g/mol. The van der Waals surface area contributed by atoms with Crippen LogP contribution in [0, 0.1) is 0 Å². The van der Waals surface area contributed by atoms with Crippen LogP contribution in [0.4, 0.5) is 0 Å². The Bertz CT molecular complexity index is 362. The number of rotatable bonds is 7. The van der Waals surface area contributed by atoms with Crippen LogP contribution in [0.5, 0.6) is 0 Å². The van der Waals surface area contributed by atoms with Crippen LogP contribution in [-0.2, 0) is 4.74 Å². The Labute approximate surface area is 111 Å². The fourth-order valence-corrected chi connectivity index (χ4v) is 1.92. The van der Waals surface area contributed by atoms with Crippen molar-refractivity contribution in [2.24, 2.45) is 0 Å². The van der Waals surface area contributed by atoms with E-state index >= 15 is 0 Å². The first kappa shape index (κ1) is 14.8. The number of likely N-dealkylation sites (N-methyl/N-ethyl adjacent to an activating group) is 1. The molecule has 0 N–H and O–H groups in total. The van der Waals surface area contributed by atoms with Crippen molar-refractivity contribution in [3.63, 3.8) is 0 Å². The van der Waals surface area contributed by atoms with Crippen LogP contribution in [-0.4, -0.2) is 31.1 Å². The summed E-state index contributed by atoms with van der Waals surface area (Å²) in [4.78, 5) is 2.37. The van der Waals surface area contributed by atoms with Crippen molar-refractivity contribution >= 4 is 5.76 Å². The van der Waals surface area contributed by atoms with Crippen molar-refractivity contribution in [1.29, 1.82) is 0 Å². The summed E-state index contributed by atoms with van der Waals surface area (Å²) in [5, 5.41) is 0. The van der Waals surface area contributed by atoms with Gasteiger partial charge in [0.2, 0.25) is 0 Å². The van der Waals surface area contributed by atoms with E-state index in [1.54, 1.807) is 0 Å². The Hall–Kier alpha value is -1.28. The minimum Gasteiger partial charge on any atom is -0.492 e. The number of allylic oxidation sites excluding steroid dienone is 1. The minimum atomic E-state index is 0.747. The molecule has 0 aromatic heterocycles. The molecule has 0 radical (unpaired) electrons. The first-order valence-corrected chi connectivity index (χ1v) is 6.77. The van der Waals surface area contributed by atoms with Crippen LogP contribution < -0.4 is 0 Å². The third-order valence-electron chi connectivity index (χ3n) is 3.04. The van der Waals surface area contributed by atoms with Gasteiger partial charge in [0.1, 0.15) is 12.4 Å². The highest BCUT2D eigenvalue weighted by Crippen LogP contribution is 2.19. The summed E-state index contributed by atoms with van der Waals surface area (Å²) in [6, 6.07) is 10.3. The lowest BCUT2D eigenvalue weighted by Gasteiger charge is -2.19. The van der Waals surface area contributed by atoms with E-state index in [-0.39, 0.29) is 0 Å². The third kappa shape index (κ3) is 4.53. The van der Waals surface area contributed by atoms with Crippen molar-refractivity contribution in [3.8, 4) is 0 Å². The minimum absolute atomic E-state index is 0.747. The second-order valence-corrected chi connectivity index (χ2v) is 4.57. The van der Waals surface area contributed by atoms with E-state index in [0.29, 0.717) is 0 Å². The van der Waals surface area contributed by atoms with Gasteiger partial charge in [-0.15, -0.1) is 0 Å². The molecule has 0 amide bonds. The van der Waals surface area contributed by atoms with Crippen LogP contribution in [0.25, 0.3) is 5.76 Å². The van der Waals surface area contributed by atoms with Gasteiger partial charge >= 0.3 is 0 Å². The van der Waals surface area contributed by atoms with Gasteiger partial charge in [0.25, 0.3) is 0 Å². The van der Waals surface area contributed by atoms with Gasteiger partial charge in [0, 0.05) is 12.1 Å². The van der Waals surface area contributed by atoms with E-state index in [1.807, 2.05) is 18.2 Å². The van der Waals surface area contributed by atoms with Gasteiger partial charge < -0.3 is 9.64 Å². The van der Waals surface area contributed by atoms with Crippen molar-refractivity contribution in [1.82, 2.24) is 4.90 Å². The van der Waals surface area contributed by atoms with Gasteiger partial charge in [-0.2, -0.15) is 0 Å². The van der Waals surface area contributed by atoms with E-state index in [9.17, 15) is 0 Å². The molecule has 0 aliphatic carbocycles. The highest BCUT2D eigenvalue weighted by molar-refractivity contribution is 5.62. The average Bonchev–Trinajstić information content (AvgIpc) is 2.39. The summed E-state index contributed by atoms with van der Waals surface area (Å²) in [6.45, 7) is 12.4. The molecular weight excluding hydrogens is 222 g/mol. The molecule has 1 aromatic carbocycles. The molecular formula is C16H25NO. The SMILES string of the molecule is CCN(CC)CCOC(=C(C)C)c1ccccc1. The third-order valence-corrected chi connectivity index (χ3v) is 3.04. The molecule has 1 rings (SSSR count). The summed E-state index contributed by atoms with van der Waals surface area (Å²) >= 11 is 0. The van der Waals surface area contributed by atoms with Crippen LogP contribution >= 0.6 is 0 Å². The van der Waals surface area contributed by atoms with E-state index < -0.39 is 0 Å². The standard InChI is InChI=1S/C16H25NO/c1-5-17(6-2)12-13-18-16(14(3)4)15-10-8-7-9-11-15/h7-11H,5-6,12-13H2,1-4H3. The van der Waals surface area contributed by atoms with Gasteiger partial charge in [0.15, 0.2) is 0 Å². The lowest BCUT2D eigenvalue weighted by Crippen LogP contribution is -2.26. The van der Waals surface area contributed by atoms with Crippen LogP contribution in [0.1, 0.15) is 33.3 Å². The fourth-order valence-electron chi connectivity index (χ4n) is 1.92. The van der Waals surface area contributed by atoms with Gasteiger partial charge in [-0.1, -0.05) is 44.2 Å². The van der Waals surface area contributed by atoms with Crippen molar-refractivity contribution < 1.29 is 4.74 Å². The topological polar surface area (TPSA) is 12.5 Å². The molecule has 0 bridgehead atoms. The number of nitrogens with zero attached hydrogens (tertiary/aromatic N) is 1. The first-order valence-electron chi connectivity index (χ1n) is 6.77. The van der Waals surface area contributed by atoms with E-state index in [2.05, 4.69) is 44.7 Å². The zero-order valence-electron chi connectivity index (χ0n) is 12.1. The largest absolute Gasteiger partial charge is 0.492 e. The molecule has 0 aliphatic rings. The van der Waals surface area contributed by atoms with E-state index in [1.165, 1.54) is 5.57 Å². The summed E-state index contributed by atoms with van der Waals surface area (Å²) in [5.74, 6) is 1.02. The van der Waals surface area contributed by atoms with Crippen molar-refractivity contribution in [2.75, 3.05) is 26.2 Å². The molecule has 0 heterocycles. The molecule has 0 atom stereocenters. The Balaban J connectivity index is 2.59. The fraction of sp³-hybridized carbons (Fsp3) is 0.500. The number of hydrogen-bond donors (Lipinski definition) is 0. The summed E-state index contributed by atoms with van der Waals surface area (Å²) in [7, 11) is 0. The molecule has 0 spiro atoms. The molecule has 100 valence electrons. The second kappa shape index (κ2) is 7.93. The van der Waals surface area contributed by atoms with Gasteiger partial charge in [-0.05, 0) is 32.5 Å². The molecule has 0 unspecified atom stereocenters. The van der Waals surface area contributed by atoms with E-state index in [0.717, 1.165) is 37.6 Å². The zero-order valence-corrected chi connectivity index (χ0v) is 12.1. The smallest absolute Gasteiger partial charge is 0.125 e. The lowest BCUT2D eigenvalue weighted by molar-refractivity contribution is 0.201. The van der Waals surface area contributed by atoms with Crippen LogP contribution in [0.2, 0.25) is 0 Å². The molecule has 0 saturated carbocycles. The predicted molar refractivity (Wildman–Crippen MR) is 78.5 cm³/mol. The van der Waals surface area contributed by atoms with E-state index in [4.69, 9.17) is 4.74 Å². The summed E-state index contributed by atoms with van der Waals surface area (Å²) < 4.78 is 5.96. The Morgan fingerprint density at radius 1 is 1.06 bits per heavy atom. The highest BCUT2D eigenvalue weighted by Gasteiger charge is 2.05. The lowest BCUT2D eigenvalue weighted by atomic mass is 10.1. The number of hydrogen-bond acceptors (Lipinski definition) is 2. The van der Waals surface area contributed by atoms with Crippen molar-refractivity contribution in [3.05, 3.63) is 41.5 Å². The molecule has 2 heteroatoms. The summed E-state index contributed by atoms with van der Waals surface area (Å²) in [5.41, 5.74) is 2.39.